The third-order valence-corrected chi connectivity index (χ3v) is 8.76. The van der Waals surface area contributed by atoms with Crippen molar-refractivity contribution in [2.75, 3.05) is 31.1 Å². The Kier molecular flexibility index (Phi) is 6.57. The van der Waals surface area contributed by atoms with Crippen molar-refractivity contribution in [2.45, 2.75) is 36.3 Å². The molecule has 1 aromatic heterocycles. The number of oxime groups is 1. The molecule has 36 heavy (non-hydrogen) atoms. The molecule has 16 heteroatoms. The number of carbonyl (C=O) groups excluding carboxylic acids is 3. The number of nitrogen functional groups attached to an aromatic ring is 1. The average Bonchev–Trinajstić information content (AvgIpc) is 3.60. The third kappa shape index (κ3) is 4.18. The van der Waals surface area contributed by atoms with Gasteiger partial charge in [0.15, 0.2) is 5.13 Å². The van der Waals surface area contributed by atoms with E-state index in [-0.39, 0.29) is 22.9 Å². The van der Waals surface area contributed by atoms with Gasteiger partial charge in [-0.05, 0) is 19.4 Å². The van der Waals surface area contributed by atoms with Crippen LogP contribution in [0.4, 0.5) is 5.13 Å². The van der Waals surface area contributed by atoms with Gasteiger partial charge >= 0.3 is 5.97 Å². The Hall–Kier alpha value is -3.24. The van der Waals surface area contributed by atoms with E-state index in [1.807, 2.05) is 4.90 Å². The van der Waals surface area contributed by atoms with E-state index in [9.17, 15) is 29.5 Å². The number of carboxylic acid groups (broad SMARTS) is 1. The molecule has 3 amide bonds. The molecule has 14 nitrogen and oxygen atoms in total. The number of hydrogen-bond donors (Lipinski definition) is 5. The van der Waals surface area contributed by atoms with Gasteiger partial charge in [0.1, 0.15) is 17.5 Å². The number of nitrogens with one attached hydrogen (secondary N) is 2. The third-order valence-electron chi connectivity index (χ3n) is 6.80. The van der Waals surface area contributed by atoms with Crippen LogP contribution in [0.3, 0.4) is 0 Å². The molecule has 6 N–H and O–H groups in total. The number of fused-ring (bicyclic) bond motifs is 1. The summed E-state index contributed by atoms with van der Waals surface area (Å²) in [7, 11) is 0. The number of thioether (sulfide) groups is 1. The van der Waals surface area contributed by atoms with Crippen LogP contribution in [0.2, 0.25) is 0 Å². The van der Waals surface area contributed by atoms with Gasteiger partial charge < -0.3 is 36.5 Å². The minimum absolute atomic E-state index is 0.0703. The Bertz CT molecular complexity index is 1160. The van der Waals surface area contributed by atoms with Crippen LogP contribution in [0.1, 0.15) is 18.7 Å². The smallest absolute Gasteiger partial charge is 0.327 e. The zero-order chi connectivity index (χ0) is 25.6. The lowest BCUT2D eigenvalue weighted by molar-refractivity contribution is -0.163. The van der Waals surface area contributed by atoms with Gasteiger partial charge in [-0.3, -0.25) is 14.4 Å². The van der Waals surface area contributed by atoms with E-state index in [0.29, 0.717) is 24.3 Å². The van der Waals surface area contributed by atoms with Crippen LogP contribution in [-0.4, -0.2) is 108 Å². The zero-order valence-corrected chi connectivity index (χ0v) is 20.5. The number of rotatable bonds is 6. The van der Waals surface area contributed by atoms with Gasteiger partial charge in [-0.1, -0.05) is 11.2 Å². The molecule has 0 saturated carbocycles. The van der Waals surface area contributed by atoms with E-state index in [1.54, 1.807) is 6.08 Å². The van der Waals surface area contributed by atoms with Crippen LogP contribution in [0.25, 0.3) is 0 Å². The van der Waals surface area contributed by atoms with Crippen molar-refractivity contribution in [1.82, 2.24) is 29.8 Å². The molecule has 4 aliphatic heterocycles. The van der Waals surface area contributed by atoms with Gasteiger partial charge in [-0.2, -0.15) is 9.36 Å². The minimum atomic E-state index is -1.18. The van der Waals surface area contributed by atoms with E-state index < -0.39 is 46.9 Å². The summed E-state index contributed by atoms with van der Waals surface area (Å²) in [6.45, 7) is 2.22. The normalized spacial score (nSPS) is 31.5. The highest BCUT2D eigenvalue weighted by Crippen LogP contribution is 2.42. The van der Waals surface area contributed by atoms with Crippen LogP contribution in [0.15, 0.2) is 16.8 Å². The Morgan fingerprint density at radius 3 is 2.78 bits per heavy atom. The molecule has 4 saturated heterocycles. The van der Waals surface area contributed by atoms with E-state index >= 15 is 0 Å². The molecular formula is C20H24N8O6S2. The molecule has 0 aliphatic carbocycles. The first kappa shape index (κ1) is 24.5. The molecule has 0 aromatic carbocycles. The van der Waals surface area contributed by atoms with Crippen molar-refractivity contribution < 1.29 is 29.5 Å². The van der Waals surface area contributed by atoms with Crippen molar-refractivity contribution in [1.29, 1.82) is 0 Å². The van der Waals surface area contributed by atoms with Gasteiger partial charge in [0.05, 0.1) is 0 Å². The monoisotopic (exact) mass is 536 g/mol. The van der Waals surface area contributed by atoms with Crippen LogP contribution in [0, 0.1) is 5.92 Å². The number of carboxylic acids is 1. The standard InChI is InChI=1S/C20H24N8O6S2/c21-20-24-14(26-36-20)11(25-34)15(29)23-12-17(31)28-13(19(32)33)9(7-35-18(12)28)5-8-2-4-27(16(8)30)10-1-3-22-6-10/h5,9-10,12-13,18,22,34H,1-4,6-7H2,(H,23,29)(H,32,33)(H2,21,24,26)/b8-5+,25-11-/t9?,10-,12-,13?,18-/m1/s1. The van der Waals surface area contributed by atoms with Crippen LogP contribution < -0.4 is 16.4 Å². The molecule has 0 bridgehead atoms. The molecule has 5 heterocycles. The second-order valence-corrected chi connectivity index (χ2v) is 10.8. The summed E-state index contributed by atoms with van der Waals surface area (Å²) < 4.78 is 3.82. The van der Waals surface area contributed by atoms with Crippen molar-refractivity contribution in [3.05, 3.63) is 17.5 Å². The maximum Gasteiger partial charge on any atom is 0.327 e. The zero-order valence-electron chi connectivity index (χ0n) is 18.9. The number of hydrogen-bond acceptors (Lipinski definition) is 12. The number of anilines is 1. The van der Waals surface area contributed by atoms with Gasteiger partial charge in [0, 0.05) is 47.9 Å². The van der Waals surface area contributed by atoms with Gasteiger partial charge in [0.25, 0.3) is 5.91 Å². The first-order valence-corrected chi connectivity index (χ1v) is 13.1. The SMILES string of the molecule is Nc1nc(/C(=N/O)C(=O)N[C@@H]2C(=O)N3C(C(=O)O)C(/C=C4\CCN([C@@H]5CCNC5)C4=O)CS[C@H]23)ns1. The van der Waals surface area contributed by atoms with E-state index in [1.165, 1.54) is 16.7 Å². The highest BCUT2D eigenvalue weighted by Gasteiger charge is 2.58. The summed E-state index contributed by atoms with van der Waals surface area (Å²) in [6, 6.07) is -2.03. The fourth-order valence-corrected chi connectivity index (χ4v) is 6.98. The van der Waals surface area contributed by atoms with Crippen molar-refractivity contribution >= 4 is 57.8 Å². The van der Waals surface area contributed by atoms with Crippen LogP contribution in [-0.2, 0) is 19.2 Å². The fourth-order valence-electron chi connectivity index (χ4n) is 5.07. The van der Waals surface area contributed by atoms with Crippen molar-refractivity contribution in [3.63, 3.8) is 0 Å². The predicted molar refractivity (Wildman–Crippen MR) is 128 cm³/mol. The molecule has 2 unspecified atom stereocenters. The highest BCUT2D eigenvalue weighted by molar-refractivity contribution is 8.00. The Morgan fingerprint density at radius 2 is 2.14 bits per heavy atom. The lowest BCUT2D eigenvalue weighted by Gasteiger charge is -2.53. The number of β-lactam (4-membered cyclic amide) rings is 1. The lowest BCUT2D eigenvalue weighted by atomic mass is 9.91. The molecule has 0 spiro atoms. The molecule has 4 aliphatic rings. The summed E-state index contributed by atoms with van der Waals surface area (Å²) in [5, 5.41) is 27.3. The summed E-state index contributed by atoms with van der Waals surface area (Å²) in [6.07, 6.45) is 3.14. The maximum absolute atomic E-state index is 13.0. The molecule has 4 fully saturated rings. The summed E-state index contributed by atoms with van der Waals surface area (Å²) in [5.41, 5.74) is 5.58. The molecule has 5 atom stereocenters. The Morgan fingerprint density at radius 1 is 1.33 bits per heavy atom. The number of likely N-dealkylation sites (tertiary alicyclic amines) is 1. The summed E-state index contributed by atoms with van der Waals surface area (Å²) >= 11 is 2.13. The Labute approximate surface area is 213 Å². The quantitative estimate of drug-likeness (QED) is 0.0910. The maximum atomic E-state index is 13.0. The lowest BCUT2D eigenvalue weighted by Crippen LogP contribution is -2.76. The first-order valence-electron chi connectivity index (χ1n) is 11.3. The van der Waals surface area contributed by atoms with Gasteiger partial charge in [-0.25, -0.2) is 4.79 Å². The fraction of sp³-hybridized carbons (Fsp3) is 0.550. The number of carbonyl (C=O) groups is 4. The Balaban J connectivity index is 1.28. The van der Waals surface area contributed by atoms with Crippen molar-refractivity contribution in [3.8, 4) is 0 Å². The molecule has 192 valence electrons. The summed E-state index contributed by atoms with van der Waals surface area (Å²) in [4.78, 5) is 57.6. The van der Waals surface area contributed by atoms with E-state index in [2.05, 4.69) is 25.1 Å². The molecule has 5 rings (SSSR count). The van der Waals surface area contributed by atoms with Crippen LogP contribution in [0.5, 0.6) is 0 Å². The minimum Gasteiger partial charge on any atom is -0.480 e. The van der Waals surface area contributed by atoms with Gasteiger partial charge in [0.2, 0.25) is 23.4 Å². The average molecular weight is 537 g/mol. The second kappa shape index (κ2) is 9.67. The molecule has 1 aromatic rings. The largest absolute Gasteiger partial charge is 0.480 e. The van der Waals surface area contributed by atoms with Crippen molar-refractivity contribution in [2.24, 2.45) is 11.1 Å². The number of aliphatic carboxylic acids is 1. The second-order valence-electron chi connectivity index (χ2n) is 8.86. The topological polar surface area (TPSA) is 203 Å². The molecular weight excluding hydrogens is 512 g/mol. The number of nitrogens with zero attached hydrogens (tertiary/aromatic N) is 5. The van der Waals surface area contributed by atoms with Gasteiger partial charge in [-0.15, -0.1) is 11.8 Å². The summed E-state index contributed by atoms with van der Waals surface area (Å²) in [5.74, 6) is -3.10. The van der Waals surface area contributed by atoms with Crippen LogP contribution >= 0.6 is 23.3 Å². The highest BCUT2D eigenvalue weighted by atomic mass is 32.2. The number of aromatic nitrogens is 2. The molecule has 0 radical (unpaired) electrons. The number of amides is 3. The van der Waals surface area contributed by atoms with E-state index in [0.717, 1.165) is 31.0 Å². The number of nitrogens with two attached hydrogens (primary N) is 1. The first-order chi connectivity index (χ1) is 17.3. The van der Waals surface area contributed by atoms with E-state index in [4.69, 9.17) is 5.73 Å². The predicted octanol–water partition coefficient (Wildman–Crippen LogP) is -1.71.